The van der Waals surface area contributed by atoms with Crippen LogP contribution in [0.3, 0.4) is 0 Å². The average Bonchev–Trinajstić information content (AvgIpc) is 2.62. The zero-order valence-corrected chi connectivity index (χ0v) is 18.0. The molecule has 0 saturated carbocycles. The summed E-state index contributed by atoms with van der Waals surface area (Å²) in [5, 5.41) is 0. The van der Waals surface area contributed by atoms with Crippen LogP contribution >= 0.6 is 0 Å². The van der Waals surface area contributed by atoms with Crippen molar-refractivity contribution in [1.29, 1.82) is 0 Å². The van der Waals surface area contributed by atoms with Crippen LogP contribution in [0, 0.1) is 0 Å². The quantitative estimate of drug-likeness (QED) is 0.639. The highest BCUT2D eigenvalue weighted by atomic mass is 16.9. The molecule has 28 heavy (non-hydrogen) atoms. The summed E-state index contributed by atoms with van der Waals surface area (Å²) >= 11 is 0. The molecule has 3 saturated heterocycles. The van der Waals surface area contributed by atoms with Gasteiger partial charge in [-0.05, 0) is 55.4 Å². The van der Waals surface area contributed by atoms with Crippen molar-refractivity contribution in [2.75, 3.05) is 7.11 Å². The van der Waals surface area contributed by atoms with Crippen LogP contribution in [-0.2, 0) is 46.1 Å². The molecule has 0 N–H and O–H groups in total. The molecule has 10 nitrogen and oxygen atoms in total. The van der Waals surface area contributed by atoms with Crippen LogP contribution in [0.25, 0.3) is 0 Å². The maximum atomic E-state index is 5.95. The fourth-order valence-corrected chi connectivity index (χ4v) is 2.47. The SMILES string of the molecule is COB1OB(OB2OB3OB(O2)OC(C)(C)C(C)(C)O3)OC(C)(C)C(C)(C)O1. The highest BCUT2D eigenvalue weighted by Crippen LogP contribution is 2.36. The third kappa shape index (κ3) is 4.48. The zero-order chi connectivity index (χ0) is 21.0. The lowest BCUT2D eigenvalue weighted by Gasteiger charge is -2.40. The van der Waals surface area contributed by atoms with E-state index in [9.17, 15) is 0 Å². The molecule has 0 aromatic rings. The molecule has 0 aromatic heterocycles. The fraction of sp³-hybridized carbons (Fsp3) is 1.00. The topological polar surface area (TPSA) is 92.3 Å². The summed E-state index contributed by atoms with van der Waals surface area (Å²) in [7, 11) is -4.08. The van der Waals surface area contributed by atoms with Crippen LogP contribution in [0.4, 0.5) is 0 Å². The van der Waals surface area contributed by atoms with Gasteiger partial charge in [0.2, 0.25) is 0 Å². The van der Waals surface area contributed by atoms with Gasteiger partial charge in [-0.1, -0.05) is 0 Å². The molecule has 15 heteroatoms. The van der Waals surface area contributed by atoms with Crippen LogP contribution in [0.5, 0.6) is 0 Å². The van der Waals surface area contributed by atoms with Gasteiger partial charge >= 0.3 is 36.6 Å². The lowest BCUT2D eigenvalue weighted by atomic mass is 9.87. The number of fused-ring (bicyclic) bond motifs is 2. The minimum absolute atomic E-state index is 0.707. The van der Waals surface area contributed by atoms with Gasteiger partial charge in [0.15, 0.2) is 0 Å². The summed E-state index contributed by atoms with van der Waals surface area (Å²) in [5.74, 6) is 0. The maximum Gasteiger partial charge on any atom is 0.627 e. The first-order valence-corrected chi connectivity index (χ1v) is 9.26. The van der Waals surface area contributed by atoms with Crippen molar-refractivity contribution in [2.24, 2.45) is 0 Å². The van der Waals surface area contributed by atoms with Crippen LogP contribution in [0.2, 0.25) is 0 Å². The number of hydrogen-bond donors (Lipinski definition) is 0. The van der Waals surface area contributed by atoms with E-state index in [1.165, 1.54) is 7.11 Å². The Bertz CT molecular complexity index is 552. The zero-order valence-electron chi connectivity index (χ0n) is 18.0. The summed E-state index contributed by atoms with van der Waals surface area (Å²) in [6, 6.07) is 0. The summed E-state index contributed by atoms with van der Waals surface area (Å²) in [6.07, 6.45) is 0. The van der Waals surface area contributed by atoms with Gasteiger partial charge in [-0.2, -0.15) is 0 Å². The van der Waals surface area contributed by atoms with Crippen molar-refractivity contribution >= 4 is 36.6 Å². The van der Waals surface area contributed by atoms with E-state index >= 15 is 0 Å². The van der Waals surface area contributed by atoms with E-state index in [1.807, 2.05) is 55.4 Å². The second-order valence-corrected chi connectivity index (χ2v) is 8.87. The smallest absolute Gasteiger partial charge is 0.401 e. The molecule has 0 spiro atoms. The first-order valence-electron chi connectivity index (χ1n) is 9.26. The Morgan fingerprint density at radius 2 is 0.929 bits per heavy atom. The third-order valence-corrected chi connectivity index (χ3v) is 5.77. The lowest BCUT2D eigenvalue weighted by Crippen LogP contribution is -2.55. The number of rotatable bonds is 3. The Kier molecular flexibility index (Phi) is 6.10. The van der Waals surface area contributed by atoms with Crippen molar-refractivity contribution in [3.8, 4) is 0 Å². The van der Waals surface area contributed by atoms with Crippen molar-refractivity contribution < 1.29 is 46.1 Å². The molecule has 0 unspecified atom stereocenters. The van der Waals surface area contributed by atoms with Crippen LogP contribution in [-0.4, -0.2) is 66.1 Å². The van der Waals surface area contributed by atoms with E-state index in [4.69, 9.17) is 46.1 Å². The maximum absolute atomic E-state index is 5.95. The molecule has 0 atom stereocenters. The first kappa shape index (κ1) is 22.6. The molecule has 3 aliphatic heterocycles. The molecule has 3 heterocycles. The fourth-order valence-electron chi connectivity index (χ4n) is 2.47. The van der Waals surface area contributed by atoms with E-state index in [-0.39, 0.29) is 0 Å². The highest BCUT2D eigenvalue weighted by Gasteiger charge is 2.59. The van der Waals surface area contributed by atoms with Crippen LogP contribution < -0.4 is 0 Å². The largest absolute Gasteiger partial charge is 0.627 e. The predicted octanol–water partition coefficient (Wildman–Crippen LogP) is 0.862. The molecule has 0 aromatic carbocycles. The van der Waals surface area contributed by atoms with Gasteiger partial charge in [0, 0.05) is 7.11 Å². The van der Waals surface area contributed by atoms with Gasteiger partial charge < -0.3 is 46.1 Å². The molecule has 0 aliphatic carbocycles. The summed E-state index contributed by atoms with van der Waals surface area (Å²) in [4.78, 5) is 0. The molecular formula is C13H27B5O10. The second kappa shape index (κ2) is 7.56. The van der Waals surface area contributed by atoms with Gasteiger partial charge in [0.05, 0.1) is 22.4 Å². The molecule has 3 rings (SSSR count). The van der Waals surface area contributed by atoms with Gasteiger partial charge in [0.1, 0.15) is 0 Å². The van der Waals surface area contributed by atoms with Crippen molar-refractivity contribution in [3.63, 3.8) is 0 Å². The Labute approximate surface area is 168 Å². The van der Waals surface area contributed by atoms with Gasteiger partial charge in [0.25, 0.3) is 0 Å². The monoisotopic (exact) mass is 398 g/mol. The summed E-state index contributed by atoms with van der Waals surface area (Å²) < 4.78 is 56.7. The first-order chi connectivity index (χ1) is 12.7. The lowest BCUT2D eigenvalue weighted by molar-refractivity contribution is -0.0853. The second-order valence-electron chi connectivity index (χ2n) is 8.87. The van der Waals surface area contributed by atoms with Crippen LogP contribution in [0.15, 0.2) is 0 Å². The molecular weight excluding hydrogens is 370 g/mol. The van der Waals surface area contributed by atoms with E-state index in [2.05, 4.69) is 0 Å². The van der Waals surface area contributed by atoms with Crippen molar-refractivity contribution in [3.05, 3.63) is 0 Å². The van der Waals surface area contributed by atoms with E-state index in [0.717, 1.165) is 0 Å². The minimum atomic E-state index is -1.23. The summed E-state index contributed by atoms with van der Waals surface area (Å²) in [5.41, 5.74) is -2.92. The third-order valence-electron chi connectivity index (χ3n) is 5.77. The standard InChI is InChI=1S/C13H27B5O10/c1-10(2)11(3,4)21-15(24-14(19-9)20-10)26-18-27-16-22-12(5,6)13(7,8)23-17(25-16)28-18/h1-9H3. The van der Waals surface area contributed by atoms with Gasteiger partial charge in [-0.25, -0.2) is 0 Å². The molecule has 3 aliphatic rings. The average molecular weight is 397 g/mol. The van der Waals surface area contributed by atoms with Crippen molar-refractivity contribution in [2.45, 2.75) is 77.8 Å². The minimum Gasteiger partial charge on any atom is -0.401 e. The Balaban J connectivity index is 1.72. The molecule has 0 amide bonds. The van der Waals surface area contributed by atoms with Crippen LogP contribution in [0.1, 0.15) is 55.4 Å². The molecule has 154 valence electrons. The Morgan fingerprint density at radius 3 is 1.39 bits per heavy atom. The molecule has 2 bridgehead atoms. The molecule has 3 fully saturated rings. The number of hydrogen-bond acceptors (Lipinski definition) is 10. The highest BCUT2D eigenvalue weighted by molar-refractivity contribution is 6.70. The van der Waals surface area contributed by atoms with E-state index in [0.29, 0.717) is 0 Å². The Morgan fingerprint density at radius 1 is 0.500 bits per heavy atom. The van der Waals surface area contributed by atoms with E-state index < -0.39 is 59.0 Å². The molecule has 0 radical (unpaired) electrons. The summed E-state index contributed by atoms with van der Waals surface area (Å²) in [6.45, 7) is 14.9. The Hall–Kier alpha value is -0.0753. The normalized spacial score (nSPS) is 28.8. The van der Waals surface area contributed by atoms with Crippen molar-refractivity contribution in [1.82, 2.24) is 0 Å². The predicted molar refractivity (Wildman–Crippen MR) is 102 cm³/mol. The van der Waals surface area contributed by atoms with Gasteiger partial charge in [-0.15, -0.1) is 0 Å². The van der Waals surface area contributed by atoms with E-state index in [1.54, 1.807) is 0 Å². The van der Waals surface area contributed by atoms with Gasteiger partial charge in [-0.3, -0.25) is 0 Å².